The Morgan fingerprint density at radius 3 is 2.57 bits per heavy atom. The molecule has 0 fully saturated rings. The monoisotopic (exact) mass is 361 g/mol. The molecule has 1 aliphatic heterocycles. The predicted octanol–water partition coefficient (Wildman–Crippen LogP) is 1.45. The fraction of sp³-hybridized carbons (Fsp3) is 0.571. The molecule has 23 heavy (non-hydrogen) atoms. The van der Waals surface area contributed by atoms with E-state index in [9.17, 15) is 16.8 Å². The number of hydrogen-bond donors (Lipinski definition) is 2. The summed E-state index contributed by atoms with van der Waals surface area (Å²) in [7, 11) is -7.00. The van der Waals surface area contributed by atoms with E-state index in [0.717, 1.165) is 12.0 Å². The maximum absolute atomic E-state index is 12.4. The molecule has 0 amide bonds. The molecule has 0 aliphatic carbocycles. The van der Waals surface area contributed by atoms with Gasteiger partial charge in [-0.2, -0.15) is 13.1 Å². The third-order valence-corrected chi connectivity index (χ3v) is 6.64. The lowest BCUT2D eigenvalue weighted by atomic mass is 10.1. The van der Waals surface area contributed by atoms with Gasteiger partial charge in [-0.25, -0.2) is 8.42 Å². The maximum Gasteiger partial charge on any atom is 0.299 e. The van der Waals surface area contributed by atoms with Gasteiger partial charge in [0.25, 0.3) is 10.2 Å². The van der Waals surface area contributed by atoms with Crippen LogP contribution in [0.15, 0.2) is 18.2 Å². The first-order chi connectivity index (χ1) is 10.8. The molecule has 0 radical (unpaired) electrons. The van der Waals surface area contributed by atoms with Crippen molar-refractivity contribution in [3.05, 3.63) is 23.8 Å². The van der Waals surface area contributed by atoms with Crippen molar-refractivity contribution in [2.75, 3.05) is 27.9 Å². The van der Waals surface area contributed by atoms with Gasteiger partial charge < -0.3 is 0 Å². The molecule has 7 nitrogen and oxygen atoms in total. The summed E-state index contributed by atoms with van der Waals surface area (Å²) in [6.07, 6.45) is 2.06. The fourth-order valence-electron chi connectivity index (χ4n) is 2.52. The van der Waals surface area contributed by atoms with Crippen molar-refractivity contribution in [1.29, 1.82) is 0 Å². The molecule has 2 rings (SSSR count). The standard InChI is InChI=1S/C14H23N3O4S2/c1-3-5-10-22(18,19)17-9-8-12-6-7-13(11-14(12)17)16-23(20,21)15-4-2/h6-7,11,15-16H,3-5,8-10H2,1-2H3. The Balaban J connectivity index is 2.27. The van der Waals surface area contributed by atoms with Gasteiger partial charge in [-0.05, 0) is 30.5 Å². The molecule has 130 valence electrons. The average molecular weight is 361 g/mol. The summed E-state index contributed by atoms with van der Waals surface area (Å²) in [5.41, 5.74) is 1.83. The van der Waals surface area contributed by atoms with Gasteiger partial charge in [-0.1, -0.05) is 26.3 Å². The van der Waals surface area contributed by atoms with Crippen molar-refractivity contribution >= 4 is 31.6 Å². The number of sulfonamides is 1. The Morgan fingerprint density at radius 2 is 1.91 bits per heavy atom. The molecule has 0 saturated heterocycles. The number of benzene rings is 1. The van der Waals surface area contributed by atoms with Crippen LogP contribution < -0.4 is 13.7 Å². The van der Waals surface area contributed by atoms with Gasteiger partial charge in [0, 0.05) is 13.1 Å². The minimum atomic E-state index is -3.64. The van der Waals surface area contributed by atoms with E-state index < -0.39 is 20.2 Å². The van der Waals surface area contributed by atoms with Crippen molar-refractivity contribution < 1.29 is 16.8 Å². The Kier molecular flexibility index (Phi) is 5.53. The van der Waals surface area contributed by atoms with Crippen molar-refractivity contribution in [3.8, 4) is 0 Å². The summed E-state index contributed by atoms with van der Waals surface area (Å²) in [4.78, 5) is 0. The van der Waals surface area contributed by atoms with Gasteiger partial charge in [-0.3, -0.25) is 9.03 Å². The lowest BCUT2D eigenvalue weighted by molar-refractivity contribution is 0.587. The van der Waals surface area contributed by atoms with Crippen LogP contribution in [0.5, 0.6) is 0 Å². The van der Waals surface area contributed by atoms with Gasteiger partial charge >= 0.3 is 0 Å². The highest BCUT2D eigenvalue weighted by Gasteiger charge is 2.29. The van der Waals surface area contributed by atoms with E-state index in [1.165, 1.54) is 4.31 Å². The molecule has 9 heteroatoms. The highest BCUT2D eigenvalue weighted by atomic mass is 32.2. The van der Waals surface area contributed by atoms with Crippen LogP contribution in [0.4, 0.5) is 11.4 Å². The molecule has 0 aromatic heterocycles. The first kappa shape index (κ1) is 18.0. The summed E-state index contributed by atoms with van der Waals surface area (Å²) in [6.45, 7) is 4.31. The molecule has 0 spiro atoms. The SMILES string of the molecule is CCCCS(=O)(=O)N1CCc2ccc(NS(=O)(=O)NCC)cc21. The Labute approximate surface area is 138 Å². The average Bonchev–Trinajstić information content (AvgIpc) is 2.88. The number of unbranched alkanes of at least 4 members (excludes halogenated alkanes) is 1. The van der Waals surface area contributed by atoms with Crippen molar-refractivity contribution in [1.82, 2.24) is 4.72 Å². The number of nitrogens with one attached hydrogen (secondary N) is 2. The Hall–Kier alpha value is -1.32. The van der Waals surface area contributed by atoms with Crippen LogP contribution in [0, 0.1) is 0 Å². The van der Waals surface area contributed by atoms with Crippen molar-refractivity contribution in [2.45, 2.75) is 33.1 Å². The number of nitrogens with zero attached hydrogens (tertiary/aromatic N) is 1. The van der Waals surface area contributed by atoms with Crippen LogP contribution in [0.2, 0.25) is 0 Å². The Morgan fingerprint density at radius 1 is 1.17 bits per heavy atom. The smallest absolute Gasteiger partial charge is 0.271 e. The van der Waals surface area contributed by atoms with Crippen LogP contribution in [-0.2, 0) is 26.7 Å². The van der Waals surface area contributed by atoms with Crippen LogP contribution >= 0.6 is 0 Å². The normalized spacial score (nSPS) is 14.8. The van der Waals surface area contributed by atoms with E-state index in [4.69, 9.17) is 0 Å². The fourth-order valence-corrected chi connectivity index (χ4v) is 5.12. The van der Waals surface area contributed by atoms with E-state index in [1.807, 2.05) is 6.92 Å². The number of fused-ring (bicyclic) bond motifs is 1. The number of anilines is 2. The molecule has 1 heterocycles. The van der Waals surface area contributed by atoms with E-state index in [2.05, 4.69) is 9.44 Å². The zero-order chi connectivity index (χ0) is 17.1. The molecule has 0 unspecified atom stereocenters. The van der Waals surface area contributed by atoms with Crippen LogP contribution in [-0.4, -0.2) is 35.7 Å². The summed E-state index contributed by atoms with van der Waals surface area (Å²) >= 11 is 0. The molecule has 1 aromatic rings. The van der Waals surface area contributed by atoms with Crippen LogP contribution in [0.3, 0.4) is 0 Å². The molecule has 1 aliphatic rings. The summed E-state index contributed by atoms with van der Waals surface area (Å²) < 4.78 is 54.5. The van der Waals surface area contributed by atoms with E-state index in [1.54, 1.807) is 25.1 Å². The second-order valence-corrected chi connectivity index (χ2v) is 8.95. The van der Waals surface area contributed by atoms with Gasteiger partial charge in [-0.15, -0.1) is 0 Å². The third kappa shape index (κ3) is 4.36. The predicted molar refractivity (Wildman–Crippen MR) is 92.4 cm³/mol. The lowest BCUT2D eigenvalue weighted by Gasteiger charge is -2.20. The summed E-state index contributed by atoms with van der Waals surface area (Å²) in [5, 5.41) is 0. The first-order valence-electron chi connectivity index (χ1n) is 7.70. The van der Waals surface area contributed by atoms with Gasteiger partial charge in [0.15, 0.2) is 0 Å². The topological polar surface area (TPSA) is 95.6 Å². The maximum atomic E-state index is 12.4. The molecular weight excluding hydrogens is 338 g/mol. The largest absolute Gasteiger partial charge is 0.299 e. The second-order valence-electron chi connectivity index (χ2n) is 5.44. The zero-order valence-electron chi connectivity index (χ0n) is 13.4. The van der Waals surface area contributed by atoms with Crippen LogP contribution in [0.25, 0.3) is 0 Å². The molecule has 0 bridgehead atoms. The molecule has 1 aromatic carbocycles. The summed E-state index contributed by atoms with van der Waals surface area (Å²) in [6, 6.07) is 5.01. The molecule has 2 N–H and O–H groups in total. The number of rotatable bonds is 8. The first-order valence-corrected chi connectivity index (χ1v) is 10.8. The zero-order valence-corrected chi connectivity index (χ0v) is 15.0. The van der Waals surface area contributed by atoms with Gasteiger partial charge in [0.2, 0.25) is 10.0 Å². The number of hydrogen-bond acceptors (Lipinski definition) is 4. The lowest BCUT2D eigenvalue weighted by Crippen LogP contribution is -2.32. The van der Waals surface area contributed by atoms with E-state index in [0.29, 0.717) is 30.8 Å². The Bertz CT molecular complexity index is 760. The third-order valence-electron chi connectivity index (χ3n) is 3.62. The minimum Gasteiger partial charge on any atom is -0.271 e. The highest BCUT2D eigenvalue weighted by Crippen LogP contribution is 2.33. The van der Waals surface area contributed by atoms with Crippen LogP contribution in [0.1, 0.15) is 32.3 Å². The van der Waals surface area contributed by atoms with Gasteiger partial charge in [0.1, 0.15) is 0 Å². The quantitative estimate of drug-likeness (QED) is 0.732. The summed E-state index contributed by atoms with van der Waals surface area (Å²) in [5.74, 6) is 0.107. The minimum absolute atomic E-state index is 0.107. The van der Waals surface area contributed by atoms with E-state index >= 15 is 0 Å². The van der Waals surface area contributed by atoms with Gasteiger partial charge in [0.05, 0.1) is 17.1 Å². The molecule has 0 saturated carbocycles. The van der Waals surface area contributed by atoms with E-state index in [-0.39, 0.29) is 12.3 Å². The van der Waals surface area contributed by atoms with Crippen molar-refractivity contribution in [3.63, 3.8) is 0 Å². The molecular formula is C14H23N3O4S2. The van der Waals surface area contributed by atoms with Crippen molar-refractivity contribution in [2.24, 2.45) is 0 Å². The molecule has 0 atom stereocenters. The second kappa shape index (κ2) is 7.06. The highest BCUT2D eigenvalue weighted by molar-refractivity contribution is 7.92.